The summed E-state index contributed by atoms with van der Waals surface area (Å²) >= 11 is 1.32. The lowest BCUT2D eigenvalue weighted by molar-refractivity contribution is -0.115. The first kappa shape index (κ1) is 34.2. The summed E-state index contributed by atoms with van der Waals surface area (Å²) in [4.78, 5) is 33.2. The summed E-state index contributed by atoms with van der Waals surface area (Å²) in [7, 11) is 1.80. The highest BCUT2D eigenvalue weighted by Crippen LogP contribution is 2.23. The van der Waals surface area contributed by atoms with E-state index in [2.05, 4.69) is 62.1 Å². The second-order valence-electron chi connectivity index (χ2n) is 11.6. The maximum Gasteiger partial charge on any atom is 0.253 e. The molecule has 2 atom stereocenters. The van der Waals surface area contributed by atoms with Crippen LogP contribution >= 0.6 is 11.3 Å². The Labute approximate surface area is 250 Å². The molecule has 0 spiro atoms. The Kier molecular flexibility index (Phi) is 14.2. The van der Waals surface area contributed by atoms with E-state index >= 15 is 0 Å². The minimum atomic E-state index is -0.332. The van der Waals surface area contributed by atoms with Gasteiger partial charge in [-0.05, 0) is 64.2 Å². The molecule has 2 amide bonds. The van der Waals surface area contributed by atoms with Gasteiger partial charge in [0, 0.05) is 42.7 Å². The van der Waals surface area contributed by atoms with Crippen LogP contribution in [0.3, 0.4) is 0 Å². The normalized spacial score (nSPS) is 12.7. The molecular formula is C32H49N5O3S. The Balaban J connectivity index is 0.000000383. The number of methoxy groups -OCH3 is 1. The fraction of sp³-hybridized carbons (Fsp3) is 0.562. The molecule has 2 unspecified atom stereocenters. The third-order valence-corrected chi connectivity index (χ3v) is 7.78. The molecule has 3 aromatic rings. The van der Waals surface area contributed by atoms with Crippen molar-refractivity contribution < 1.29 is 14.3 Å². The summed E-state index contributed by atoms with van der Waals surface area (Å²) < 4.78 is 7.14. The zero-order valence-corrected chi connectivity index (χ0v) is 26.9. The smallest absolute Gasteiger partial charge is 0.253 e. The van der Waals surface area contributed by atoms with Crippen molar-refractivity contribution in [3.8, 4) is 11.4 Å². The Hall–Kier alpha value is -3.04. The molecular weight excluding hydrogens is 534 g/mol. The molecule has 2 N–H and O–H groups in total. The molecule has 3 rings (SSSR count). The molecule has 0 bridgehead atoms. The van der Waals surface area contributed by atoms with E-state index in [0.29, 0.717) is 16.4 Å². The fourth-order valence-corrected chi connectivity index (χ4v) is 4.83. The molecule has 9 heteroatoms. The molecule has 0 aliphatic heterocycles. The molecule has 0 aliphatic rings. The lowest BCUT2D eigenvalue weighted by Crippen LogP contribution is -2.32. The zero-order chi connectivity index (χ0) is 30.4. The summed E-state index contributed by atoms with van der Waals surface area (Å²) in [5.41, 5.74) is 2.78. The van der Waals surface area contributed by atoms with Gasteiger partial charge in [0.1, 0.15) is 5.69 Å². The van der Waals surface area contributed by atoms with E-state index in [1.54, 1.807) is 19.4 Å². The van der Waals surface area contributed by atoms with Gasteiger partial charge in [-0.3, -0.25) is 14.6 Å². The summed E-state index contributed by atoms with van der Waals surface area (Å²) in [6.07, 6.45) is 10.3. The van der Waals surface area contributed by atoms with Crippen molar-refractivity contribution in [2.45, 2.75) is 86.1 Å². The largest absolute Gasteiger partial charge is 0.384 e. The topological polar surface area (TPSA) is 98.1 Å². The monoisotopic (exact) mass is 583 g/mol. The van der Waals surface area contributed by atoms with Gasteiger partial charge in [-0.1, -0.05) is 52.5 Å². The Morgan fingerprint density at radius 1 is 1.07 bits per heavy atom. The van der Waals surface area contributed by atoms with Crippen LogP contribution in [0.5, 0.6) is 0 Å². The number of ether oxygens (including phenoxy) is 1. The van der Waals surface area contributed by atoms with Crippen molar-refractivity contribution in [1.82, 2.24) is 19.9 Å². The quantitative estimate of drug-likeness (QED) is 0.220. The van der Waals surface area contributed by atoms with Gasteiger partial charge in [0.15, 0.2) is 5.13 Å². The Morgan fingerprint density at radius 3 is 2.44 bits per heavy atom. The van der Waals surface area contributed by atoms with Gasteiger partial charge in [-0.15, -0.1) is 11.3 Å². The van der Waals surface area contributed by atoms with Crippen molar-refractivity contribution in [2.24, 2.45) is 11.8 Å². The van der Waals surface area contributed by atoms with Crippen LogP contribution in [-0.2, 0) is 15.1 Å². The number of carbonyl (C=O) groups is 2. The van der Waals surface area contributed by atoms with Crippen molar-refractivity contribution in [1.29, 1.82) is 0 Å². The van der Waals surface area contributed by atoms with Gasteiger partial charge in [0.2, 0.25) is 5.91 Å². The first-order valence-electron chi connectivity index (χ1n) is 14.6. The Morgan fingerprint density at radius 2 is 1.83 bits per heavy atom. The Bertz CT molecular complexity index is 1210. The van der Waals surface area contributed by atoms with Crippen LogP contribution in [0.25, 0.3) is 11.4 Å². The molecule has 3 aromatic heterocycles. The van der Waals surface area contributed by atoms with E-state index < -0.39 is 0 Å². The van der Waals surface area contributed by atoms with Crippen LogP contribution in [0.15, 0.2) is 42.0 Å². The summed E-state index contributed by atoms with van der Waals surface area (Å²) in [6, 6.07) is 7.44. The molecule has 0 radical (unpaired) electrons. The molecule has 3 heterocycles. The van der Waals surface area contributed by atoms with E-state index in [0.717, 1.165) is 29.8 Å². The van der Waals surface area contributed by atoms with Crippen LogP contribution < -0.4 is 10.6 Å². The third kappa shape index (κ3) is 12.2. The number of nitrogens with one attached hydrogen (secondary N) is 2. The fourth-order valence-electron chi connectivity index (χ4n) is 4.11. The van der Waals surface area contributed by atoms with Crippen LogP contribution in [0.4, 0.5) is 5.13 Å². The van der Waals surface area contributed by atoms with Crippen LogP contribution in [0, 0.1) is 18.8 Å². The van der Waals surface area contributed by atoms with Crippen molar-refractivity contribution >= 4 is 28.3 Å². The number of thiazole rings is 1. The number of anilines is 1. The predicted octanol–water partition coefficient (Wildman–Crippen LogP) is 7.31. The highest BCUT2D eigenvalue weighted by molar-refractivity contribution is 7.14. The molecule has 0 saturated carbocycles. The van der Waals surface area contributed by atoms with Gasteiger partial charge in [-0.2, -0.15) is 0 Å². The number of aryl methyl sites for hydroxylation is 1. The molecule has 8 nitrogen and oxygen atoms in total. The third-order valence-electron chi connectivity index (χ3n) is 7.03. The average Bonchev–Trinajstić information content (AvgIpc) is 3.62. The first-order valence-corrected chi connectivity index (χ1v) is 15.5. The number of amides is 2. The average molecular weight is 584 g/mol. The summed E-state index contributed by atoms with van der Waals surface area (Å²) in [5.74, 6) is 1.07. The number of carbonyl (C=O) groups excluding carboxylic acids is 2. The van der Waals surface area contributed by atoms with Crippen LogP contribution in [-0.4, -0.2) is 46.6 Å². The molecule has 41 heavy (non-hydrogen) atoms. The van der Waals surface area contributed by atoms with Crippen LogP contribution in [0.1, 0.15) is 89.7 Å². The van der Waals surface area contributed by atoms with Crippen molar-refractivity contribution in [2.75, 3.05) is 25.6 Å². The maximum atomic E-state index is 12.2. The lowest BCUT2D eigenvalue weighted by Gasteiger charge is -2.20. The predicted molar refractivity (Wildman–Crippen MR) is 169 cm³/mol. The molecule has 226 valence electrons. The van der Waals surface area contributed by atoms with Crippen LogP contribution in [0.2, 0.25) is 0 Å². The highest BCUT2D eigenvalue weighted by Gasteiger charge is 2.16. The number of nitrogens with zero attached hydrogens (tertiary/aromatic N) is 3. The maximum absolute atomic E-state index is 12.2. The van der Waals surface area contributed by atoms with Gasteiger partial charge in [-0.25, -0.2) is 4.98 Å². The number of aromatic nitrogens is 3. The second kappa shape index (κ2) is 17.0. The van der Waals surface area contributed by atoms with E-state index in [1.165, 1.54) is 43.4 Å². The highest BCUT2D eigenvalue weighted by atomic mass is 32.1. The minimum Gasteiger partial charge on any atom is -0.384 e. The van der Waals surface area contributed by atoms with E-state index in [4.69, 9.17) is 4.74 Å². The van der Waals surface area contributed by atoms with Gasteiger partial charge < -0.3 is 19.9 Å². The van der Waals surface area contributed by atoms with Crippen molar-refractivity contribution in [3.63, 3.8) is 0 Å². The van der Waals surface area contributed by atoms with E-state index in [9.17, 15) is 9.59 Å². The number of rotatable bonds is 13. The second-order valence-corrected chi connectivity index (χ2v) is 12.4. The molecule has 0 aromatic carbocycles. The van der Waals surface area contributed by atoms with Crippen molar-refractivity contribution in [3.05, 3.63) is 53.3 Å². The molecule has 0 fully saturated rings. The zero-order valence-electron chi connectivity index (χ0n) is 26.1. The van der Waals surface area contributed by atoms with Gasteiger partial charge in [0.25, 0.3) is 5.91 Å². The number of pyridine rings is 1. The van der Waals surface area contributed by atoms with Gasteiger partial charge in [0.05, 0.1) is 17.8 Å². The molecule has 0 aliphatic carbocycles. The number of hydrogen-bond donors (Lipinski definition) is 2. The molecule has 0 saturated heterocycles. The lowest BCUT2D eigenvalue weighted by atomic mass is 9.95. The SMILES string of the molecule is CCC(C)CCCC(CC)COC.Cc1cccc(-c2csc(NC(=O)CNC(=O)c3ccn(C(C)(C)C)c3)n2)n1. The minimum absolute atomic E-state index is 0.107. The summed E-state index contributed by atoms with van der Waals surface area (Å²) in [5, 5.41) is 7.64. The van der Waals surface area contributed by atoms with Gasteiger partial charge >= 0.3 is 0 Å². The number of hydrogen-bond acceptors (Lipinski definition) is 6. The first-order chi connectivity index (χ1) is 19.5. The standard InChI is InChI=1S/C20H23N5O2S.C12H26O/c1-13-6-5-7-15(22-13)16-12-28-19(23-16)24-17(26)10-21-18(27)14-8-9-25(11-14)20(2,3)4;1-5-11(3)8-7-9-12(6-2)10-13-4/h5-9,11-12H,10H2,1-4H3,(H,21,27)(H,23,24,26);11-12H,5-10H2,1-4H3. The summed E-state index contributed by atoms with van der Waals surface area (Å²) in [6.45, 7) is 15.8. The van der Waals surface area contributed by atoms with E-state index in [1.807, 2.05) is 41.3 Å². The van der Waals surface area contributed by atoms with E-state index in [-0.39, 0.29) is 23.9 Å².